The number of carbonyl (C=O) groups is 2. The normalized spacial score (nSPS) is 26.0. The molecule has 0 bridgehead atoms. The molecule has 0 amide bonds. The summed E-state index contributed by atoms with van der Waals surface area (Å²) in [5, 5.41) is 21.2. The number of ether oxygens (including phenoxy) is 1. The van der Waals surface area contributed by atoms with Crippen LogP contribution in [0.15, 0.2) is 12.2 Å². The summed E-state index contributed by atoms with van der Waals surface area (Å²) in [6.45, 7) is 10.2. The Labute approximate surface area is 166 Å². The molecular weight excluding hydrogens is 356 g/mol. The first-order valence-corrected chi connectivity index (χ1v) is 10.1. The molecule has 1 aliphatic carbocycles. The number of hydrogen-bond donors (Lipinski definition) is 2. The number of allylic oxidation sites excluding steroid dienone is 1. The second-order valence-corrected chi connectivity index (χ2v) is 9.12. The van der Waals surface area contributed by atoms with Gasteiger partial charge in [-0.2, -0.15) is 0 Å². The Hall–Kier alpha value is -2.30. The van der Waals surface area contributed by atoms with Crippen LogP contribution in [0.3, 0.4) is 0 Å². The number of aldehydes is 1. The van der Waals surface area contributed by atoms with Crippen LogP contribution in [0.2, 0.25) is 0 Å². The molecule has 5 nitrogen and oxygen atoms in total. The Morgan fingerprint density at radius 3 is 2.54 bits per heavy atom. The topological polar surface area (TPSA) is 83.8 Å². The highest BCUT2D eigenvalue weighted by molar-refractivity contribution is 6.05. The molecule has 0 saturated carbocycles. The lowest BCUT2D eigenvalue weighted by molar-refractivity contribution is 0.0298. The monoisotopic (exact) mass is 386 g/mol. The van der Waals surface area contributed by atoms with Crippen molar-refractivity contribution in [2.24, 2.45) is 23.7 Å². The lowest BCUT2D eigenvalue weighted by Crippen LogP contribution is -2.47. The van der Waals surface area contributed by atoms with Gasteiger partial charge in [0.2, 0.25) is 0 Å². The standard InChI is InChI=1S/C23H30O5/c1-12(2)8-18(25)19-21(27)17(11-24)20(26)16-10-15-9-14(13(3)4)6-7-23(15,5)28-22(16)19/h6-7,11-15,26-27H,8-10H2,1-5H3/t14-,15-,23-/m1/s1. The van der Waals surface area contributed by atoms with Crippen LogP contribution in [-0.2, 0) is 6.42 Å². The van der Waals surface area contributed by atoms with Gasteiger partial charge in [0.25, 0.3) is 0 Å². The van der Waals surface area contributed by atoms with Crippen LogP contribution < -0.4 is 4.74 Å². The van der Waals surface area contributed by atoms with Crippen molar-refractivity contribution in [3.63, 3.8) is 0 Å². The average Bonchev–Trinajstić information content (AvgIpc) is 2.59. The van der Waals surface area contributed by atoms with E-state index in [9.17, 15) is 19.8 Å². The lowest BCUT2D eigenvalue weighted by Gasteiger charge is -2.45. The van der Waals surface area contributed by atoms with Crippen molar-refractivity contribution in [1.29, 1.82) is 0 Å². The summed E-state index contributed by atoms with van der Waals surface area (Å²) in [5.74, 6) is 0.274. The summed E-state index contributed by atoms with van der Waals surface area (Å²) in [6.07, 6.45) is 6.24. The zero-order valence-electron chi connectivity index (χ0n) is 17.3. The predicted octanol–water partition coefficient (Wildman–Crippen LogP) is 4.68. The van der Waals surface area contributed by atoms with Crippen LogP contribution in [0.25, 0.3) is 0 Å². The van der Waals surface area contributed by atoms with E-state index in [2.05, 4.69) is 19.9 Å². The first kappa shape index (κ1) is 20.4. The minimum absolute atomic E-state index is 0.0164. The Kier molecular flexibility index (Phi) is 5.30. The summed E-state index contributed by atoms with van der Waals surface area (Å²) < 4.78 is 6.30. The van der Waals surface area contributed by atoms with E-state index in [-0.39, 0.29) is 46.7 Å². The molecule has 2 aliphatic rings. The van der Waals surface area contributed by atoms with Gasteiger partial charge in [-0.1, -0.05) is 33.8 Å². The molecule has 3 rings (SSSR count). The van der Waals surface area contributed by atoms with Gasteiger partial charge in [-0.15, -0.1) is 0 Å². The number of carbonyl (C=O) groups excluding carboxylic acids is 2. The maximum absolute atomic E-state index is 12.9. The molecule has 1 aliphatic heterocycles. The molecule has 0 unspecified atom stereocenters. The van der Waals surface area contributed by atoms with Gasteiger partial charge in [0.05, 0.1) is 5.56 Å². The Bertz CT molecular complexity index is 836. The third kappa shape index (κ3) is 3.31. The van der Waals surface area contributed by atoms with E-state index in [4.69, 9.17) is 4.74 Å². The summed E-state index contributed by atoms with van der Waals surface area (Å²) in [5.41, 5.74) is -0.382. The molecule has 3 atom stereocenters. The number of aromatic hydroxyl groups is 2. The van der Waals surface area contributed by atoms with Gasteiger partial charge in [-0.3, -0.25) is 9.59 Å². The second kappa shape index (κ2) is 7.26. The molecule has 0 saturated heterocycles. The maximum Gasteiger partial charge on any atom is 0.170 e. The van der Waals surface area contributed by atoms with Crippen molar-refractivity contribution >= 4 is 12.1 Å². The number of phenols is 2. The molecule has 0 fully saturated rings. The maximum atomic E-state index is 12.9. The molecule has 5 heteroatoms. The third-order valence-electron chi connectivity index (χ3n) is 6.19. The van der Waals surface area contributed by atoms with E-state index in [0.29, 0.717) is 30.1 Å². The number of phenolic OH excluding ortho intramolecular Hbond substituents is 2. The van der Waals surface area contributed by atoms with Gasteiger partial charge in [0, 0.05) is 17.9 Å². The number of rotatable bonds is 5. The molecule has 1 aromatic rings. The van der Waals surface area contributed by atoms with E-state index in [1.165, 1.54) is 0 Å². The van der Waals surface area contributed by atoms with E-state index < -0.39 is 11.4 Å². The van der Waals surface area contributed by atoms with Gasteiger partial charge in [-0.25, -0.2) is 0 Å². The number of fused-ring (bicyclic) bond motifs is 2. The average molecular weight is 386 g/mol. The van der Waals surface area contributed by atoms with E-state index in [1.807, 2.05) is 26.8 Å². The first-order valence-electron chi connectivity index (χ1n) is 10.1. The minimum Gasteiger partial charge on any atom is -0.507 e. The van der Waals surface area contributed by atoms with Crippen LogP contribution in [0, 0.1) is 23.7 Å². The van der Waals surface area contributed by atoms with Gasteiger partial charge < -0.3 is 14.9 Å². The quantitative estimate of drug-likeness (QED) is 0.436. The van der Waals surface area contributed by atoms with E-state index >= 15 is 0 Å². The number of hydrogen-bond acceptors (Lipinski definition) is 5. The van der Waals surface area contributed by atoms with Crippen molar-refractivity contribution in [3.8, 4) is 17.2 Å². The zero-order valence-corrected chi connectivity index (χ0v) is 17.3. The third-order valence-corrected chi connectivity index (χ3v) is 6.19. The molecule has 0 spiro atoms. The van der Waals surface area contributed by atoms with Crippen molar-refractivity contribution in [3.05, 3.63) is 28.8 Å². The SMILES string of the molecule is CC(C)CC(=O)c1c(O)c(C=O)c(O)c2c1O[C@]1(C)C=C[C@@H](C(C)C)C[C@@H]1C2. The van der Waals surface area contributed by atoms with Gasteiger partial charge >= 0.3 is 0 Å². The van der Waals surface area contributed by atoms with E-state index in [0.717, 1.165) is 6.42 Å². The fourth-order valence-electron chi connectivity index (χ4n) is 4.38. The second-order valence-electron chi connectivity index (χ2n) is 9.12. The Morgan fingerprint density at radius 1 is 1.29 bits per heavy atom. The lowest BCUT2D eigenvalue weighted by atomic mass is 9.69. The highest BCUT2D eigenvalue weighted by atomic mass is 16.5. The zero-order chi connectivity index (χ0) is 20.8. The van der Waals surface area contributed by atoms with Crippen LogP contribution >= 0.6 is 0 Å². The van der Waals surface area contributed by atoms with Crippen LogP contribution in [-0.4, -0.2) is 27.9 Å². The van der Waals surface area contributed by atoms with Crippen molar-refractivity contribution in [2.75, 3.05) is 0 Å². The summed E-state index contributed by atoms with van der Waals surface area (Å²) >= 11 is 0. The minimum atomic E-state index is -0.618. The molecule has 2 N–H and O–H groups in total. The molecule has 0 aromatic heterocycles. The molecular formula is C23H30O5. The summed E-state index contributed by atoms with van der Waals surface area (Å²) in [4.78, 5) is 24.4. The molecule has 152 valence electrons. The van der Waals surface area contributed by atoms with Gasteiger partial charge in [-0.05, 0) is 43.6 Å². The van der Waals surface area contributed by atoms with Crippen LogP contribution in [0.5, 0.6) is 17.2 Å². The van der Waals surface area contributed by atoms with Gasteiger partial charge in [0.15, 0.2) is 12.1 Å². The highest BCUT2D eigenvalue weighted by Gasteiger charge is 2.46. The van der Waals surface area contributed by atoms with E-state index in [1.54, 1.807) is 0 Å². The van der Waals surface area contributed by atoms with Crippen LogP contribution in [0.4, 0.5) is 0 Å². The number of benzene rings is 1. The number of ketones is 1. The molecule has 28 heavy (non-hydrogen) atoms. The fourth-order valence-corrected chi connectivity index (χ4v) is 4.38. The molecule has 1 aromatic carbocycles. The molecule has 0 radical (unpaired) electrons. The van der Waals surface area contributed by atoms with Crippen molar-refractivity contribution < 1.29 is 24.5 Å². The largest absolute Gasteiger partial charge is 0.507 e. The smallest absolute Gasteiger partial charge is 0.170 e. The van der Waals surface area contributed by atoms with Crippen LogP contribution in [0.1, 0.15) is 73.7 Å². The number of Topliss-reactive ketones (excluding diaryl/α,β-unsaturated/α-hetero) is 1. The fraction of sp³-hybridized carbons (Fsp3) is 0.565. The first-order chi connectivity index (χ1) is 13.1. The Balaban J connectivity index is 2.15. The van der Waals surface area contributed by atoms with Crippen molar-refractivity contribution in [2.45, 2.75) is 59.5 Å². The summed E-state index contributed by atoms with van der Waals surface area (Å²) in [6, 6.07) is 0. The van der Waals surface area contributed by atoms with Crippen molar-refractivity contribution in [1.82, 2.24) is 0 Å². The predicted molar refractivity (Wildman–Crippen MR) is 107 cm³/mol. The Morgan fingerprint density at radius 2 is 1.96 bits per heavy atom. The molecule has 1 heterocycles. The summed E-state index contributed by atoms with van der Waals surface area (Å²) in [7, 11) is 0. The van der Waals surface area contributed by atoms with Gasteiger partial charge in [0.1, 0.15) is 28.4 Å². The highest BCUT2D eigenvalue weighted by Crippen LogP contribution is 2.52.